The molecular weight excluding hydrogens is 331 g/mol. The van der Waals surface area contributed by atoms with Gasteiger partial charge >= 0.3 is 0 Å². The van der Waals surface area contributed by atoms with Crippen LogP contribution in [0.5, 0.6) is 0 Å². The molecule has 3 N–H and O–H groups in total. The smallest absolute Gasteiger partial charge is 0.129 e. The minimum Gasteiger partial charge on any atom is -0.271 e. The first-order valence-electron chi connectivity index (χ1n) is 7.20. The van der Waals surface area contributed by atoms with E-state index in [0.29, 0.717) is 11.5 Å². The number of rotatable bonds is 4. The zero-order valence-corrected chi connectivity index (χ0v) is 13.2. The van der Waals surface area contributed by atoms with E-state index >= 15 is 0 Å². The van der Waals surface area contributed by atoms with Crippen LogP contribution >= 0.6 is 15.9 Å². The molecule has 0 spiro atoms. The van der Waals surface area contributed by atoms with Gasteiger partial charge in [0.05, 0.1) is 6.04 Å². The quantitative estimate of drug-likeness (QED) is 0.634. The van der Waals surface area contributed by atoms with Crippen molar-refractivity contribution in [3.63, 3.8) is 0 Å². The molecule has 3 rings (SSSR count). The maximum atomic E-state index is 14.2. The van der Waals surface area contributed by atoms with Crippen LogP contribution in [0.1, 0.15) is 47.9 Å². The fourth-order valence-electron chi connectivity index (χ4n) is 2.87. The topological polar surface area (TPSA) is 38.0 Å². The lowest BCUT2D eigenvalue weighted by Gasteiger charge is -2.27. The van der Waals surface area contributed by atoms with Crippen LogP contribution in [0.15, 0.2) is 46.9 Å². The highest BCUT2D eigenvalue weighted by molar-refractivity contribution is 9.10. The number of nitrogens with one attached hydrogen (secondary N) is 1. The third kappa shape index (κ3) is 2.89. The van der Waals surface area contributed by atoms with Gasteiger partial charge in [0, 0.05) is 10.0 Å². The van der Waals surface area contributed by atoms with Gasteiger partial charge in [-0.3, -0.25) is 5.84 Å². The number of halogens is 2. The number of hydrogen-bond donors (Lipinski definition) is 2. The van der Waals surface area contributed by atoms with E-state index in [1.165, 1.54) is 30.9 Å². The molecule has 0 bridgehead atoms. The van der Waals surface area contributed by atoms with Crippen LogP contribution < -0.4 is 11.3 Å². The Kier molecular flexibility index (Phi) is 4.38. The fourth-order valence-corrected chi connectivity index (χ4v) is 3.44. The Hall–Kier alpha value is -1.23. The Morgan fingerprint density at radius 2 is 1.95 bits per heavy atom. The summed E-state index contributed by atoms with van der Waals surface area (Å²) >= 11 is 3.42. The monoisotopic (exact) mass is 348 g/mol. The highest BCUT2D eigenvalue weighted by atomic mass is 79.9. The molecule has 1 unspecified atom stereocenters. The Bertz CT molecular complexity index is 620. The molecule has 1 aliphatic carbocycles. The van der Waals surface area contributed by atoms with Crippen molar-refractivity contribution >= 4 is 15.9 Å². The molecule has 2 nitrogen and oxygen atoms in total. The zero-order valence-electron chi connectivity index (χ0n) is 11.7. The normalized spacial score (nSPS) is 16.5. The Morgan fingerprint density at radius 1 is 1.19 bits per heavy atom. The van der Waals surface area contributed by atoms with E-state index in [1.54, 1.807) is 6.07 Å². The molecule has 1 atom stereocenters. The van der Waals surface area contributed by atoms with E-state index in [1.807, 2.05) is 18.2 Å². The lowest BCUT2D eigenvalue weighted by Crippen LogP contribution is -2.30. The van der Waals surface area contributed by atoms with Crippen LogP contribution in [0.4, 0.5) is 4.39 Å². The summed E-state index contributed by atoms with van der Waals surface area (Å²) in [6.07, 6.45) is 3.79. The first-order valence-corrected chi connectivity index (χ1v) is 8.00. The number of benzene rings is 2. The molecule has 0 aromatic heterocycles. The van der Waals surface area contributed by atoms with Crippen LogP contribution in [-0.2, 0) is 0 Å². The molecule has 4 heteroatoms. The molecule has 1 saturated carbocycles. The molecular formula is C17H18BrFN2. The fraction of sp³-hybridized carbons (Fsp3) is 0.294. The molecule has 0 saturated heterocycles. The average molecular weight is 349 g/mol. The molecule has 1 aliphatic rings. The lowest BCUT2D eigenvalue weighted by molar-refractivity contribution is 0.419. The Morgan fingerprint density at radius 3 is 2.57 bits per heavy atom. The standard InChI is InChI=1S/C17H18BrFN2/c18-14-8-3-9-15(19)16(14)17(21-20)13-7-2-6-12(10-13)11-4-1-5-11/h2-3,6-11,17,21H,1,4-5,20H2. The van der Waals surface area contributed by atoms with Crippen molar-refractivity contribution in [1.29, 1.82) is 0 Å². The maximum absolute atomic E-state index is 14.2. The zero-order chi connectivity index (χ0) is 14.8. The molecule has 0 radical (unpaired) electrons. The van der Waals surface area contributed by atoms with Gasteiger partial charge in [0.1, 0.15) is 5.82 Å². The van der Waals surface area contributed by atoms with Crippen molar-refractivity contribution in [2.45, 2.75) is 31.2 Å². The molecule has 2 aromatic carbocycles. The Balaban J connectivity index is 2.00. The first kappa shape index (κ1) is 14.7. The van der Waals surface area contributed by atoms with E-state index in [9.17, 15) is 4.39 Å². The minimum atomic E-state index is -0.361. The van der Waals surface area contributed by atoms with Gasteiger partial charge in [-0.25, -0.2) is 9.82 Å². The van der Waals surface area contributed by atoms with Crippen LogP contribution in [-0.4, -0.2) is 0 Å². The van der Waals surface area contributed by atoms with Crippen LogP contribution in [0, 0.1) is 5.82 Å². The molecule has 0 aliphatic heterocycles. The maximum Gasteiger partial charge on any atom is 0.129 e. The van der Waals surface area contributed by atoms with Gasteiger partial charge in [0.2, 0.25) is 0 Å². The highest BCUT2D eigenvalue weighted by Gasteiger charge is 2.23. The second-order valence-electron chi connectivity index (χ2n) is 5.53. The molecule has 1 fully saturated rings. The van der Waals surface area contributed by atoms with Gasteiger partial charge in [-0.2, -0.15) is 0 Å². The van der Waals surface area contributed by atoms with Crippen molar-refractivity contribution in [3.8, 4) is 0 Å². The number of hydrogen-bond acceptors (Lipinski definition) is 2. The van der Waals surface area contributed by atoms with Gasteiger partial charge in [-0.15, -0.1) is 0 Å². The van der Waals surface area contributed by atoms with Crippen LogP contribution in [0.2, 0.25) is 0 Å². The van der Waals surface area contributed by atoms with Crippen molar-refractivity contribution in [2.24, 2.45) is 5.84 Å². The summed E-state index contributed by atoms with van der Waals surface area (Å²) in [5, 5.41) is 0. The van der Waals surface area contributed by atoms with E-state index in [0.717, 1.165) is 10.0 Å². The predicted octanol–water partition coefficient (Wildman–Crippen LogP) is 4.41. The summed E-state index contributed by atoms with van der Waals surface area (Å²) in [4.78, 5) is 0. The van der Waals surface area contributed by atoms with Gasteiger partial charge in [0.25, 0.3) is 0 Å². The van der Waals surface area contributed by atoms with Crippen molar-refractivity contribution in [1.82, 2.24) is 5.43 Å². The molecule has 110 valence electrons. The number of hydrazine groups is 1. The molecule has 21 heavy (non-hydrogen) atoms. The van der Waals surface area contributed by atoms with Crippen LogP contribution in [0.25, 0.3) is 0 Å². The summed E-state index contributed by atoms with van der Waals surface area (Å²) in [6, 6.07) is 12.9. The predicted molar refractivity (Wildman–Crippen MR) is 86.3 cm³/mol. The molecule has 0 amide bonds. The average Bonchev–Trinajstić information content (AvgIpc) is 2.41. The van der Waals surface area contributed by atoms with Gasteiger partial charge < -0.3 is 0 Å². The van der Waals surface area contributed by atoms with Crippen molar-refractivity contribution in [2.75, 3.05) is 0 Å². The van der Waals surface area contributed by atoms with E-state index in [2.05, 4.69) is 33.5 Å². The summed E-state index contributed by atoms with van der Waals surface area (Å²) in [5.41, 5.74) is 5.61. The van der Waals surface area contributed by atoms with Crippen LogP contribution in [0.3, 0.4) is 0 Å². The third-order valence-corrected chi connectivity index (χ3v) is 4.97. The van der Waals surface area contributed by atoms with Gasteiger partial charge in [-0.1, -0.05) is 52.7 Å². The summed E-state index contributed by atoms with van der Waals surface area (Å²) < 4.78 is 14.9. The summed E-state index contributed by atoms with van der Waals surface area (Å²) in [6.45, 7) is 0. The van der Waals surface area contributed by atoms with Gasteiger partial charge in [0.15, 0.2) is 0 Å². The Labute approximate surface area is 132 Å². The minimum absolute atomic E-state index is 0.263. The second-order valence-corrected chi connectivity index (χ2v) is 6.39. The highest BCUT2D eigenvalue weighted by Crippen LogP contribution is 2.38. The molecule has 0 heterocycles. The SMILES string of the molecule is NNC(c1cccc(C2CCC2)c1)c1c(F)cccc1Br. The summed E-state index contributed by atoms with van der Waals surface area (Å²) in [5.74, 6) is 6.09. The summed E-state index contributed by atoms with van der Waals surface area (Å²) in [7, 11) is 0. The largest absolute Gasteiger partial charge is 0.271 e. The van der Waals surface area contributed by atoms with Crippen molar-refractivity contribution in [3.05, 3.63) is 69.4 Å². The van der Waals surface area contributed by atoms with Crippen molar-refractivity contribution < 1.29 is 4.39 Å². The third-order valence-electron chi connectivity index (χ3n) is 4.28. The van der Waals surface area contributed by atoms with E-state index in [4.69, 9.17) is 5.84 Å². The second kappa shape index (κ2) is 6.26. The van der Waals surface area contributed by atoms with E-state index < -0.39 is 0 Å². The lowest BCUT2D eigenvalue weighted by atomic mass is 9.79. The van der Waals surface area contributed by atoms with Gasteiger partial charge in [-0.05, 0) is 42.0 Å². The first-order chi connectivity index (χ1) is 10.2. The van der Waals surface area contributed by atoms with E-state index in [-0.39, 0.29) is 11.9 Å². The number of nitrogens with two attached hydrogens (primary N) is 1. The molecule has 2 aromatic rings.